The van der Waals surface area contributed by atoms with Crippen molar-refractivity contribution in [2.75, 3.05) is 31.7 Å². The van der Waals surface area contributed by atoms with Crippen molar-refractivity contribution in [2.24, 2.45) is 0 Å². The quantitative estimate of drug-likeness (QED) is 0.511. The molecule has 0 radical (unpaired) electrons. The zero-order valence-electron chi connectivity index (χ0n) is 19.8. The molecule has 2 fully saturated rings. The Morgan fingerprint density at radius 2 is 1.81 bits per heavy atom. The molecule has 3 heterocycles. The van der Waals surface area contributed by atoms with Crippen LogP contribution in [0.3, 0.4) is 0 Å². The number of piperazine rings is 1. The second-order valence-corrected chi connectivity index (χ2v) is 11.2. The molecular formula is C26H24N4O6S. The third-order valence-corrected chi connectivity index (χ3v) is 8.75. The standard InChI is InChI=1S/C26H24N4O6S/c31-24-15-30(13-12-27-24)37(33,34)19-7-4-17(5-8-19)20-2-1-3-23(28-20)29-25(32)26(10-11-26)18-6-9-21-22(14-18)36-16-35-21/h1-9,14H,10-13,15-16H2,(H,27,31)(H,28,29,32). The first-order valence-corrected chi connectivity index (χ1v) is 13.4. The SMILES string of the molecule is O=C1CN(S(=O)(=O)c2ccc(-c3cccc(NC(=O)C4(c5ccc6c(c5)OCO6)CC4)n3)cc2)CCN1. The van der Waals surface area contributed by atoms with Crippen LogP contribution in [0.5, 0.6) is 11.5 Å². The molecule has 2 aromatic carbocycles. The summed E-state index contributed by atoms with van der Waals surface area (Å²) >= 11 is 0. The van der Waals surface area contributed by atoms with E-state index in [0.29, 0.717) is 28.6 Å². The van der Waals surface area contributed by atoms with Crippen LogP contribution in [0.1, 0.15) is 18.4 Å². The van der Waals surface area contributed by atoms with Gasteiger partial charge in [0.15, 0.2) is 11.5 Å². The summed E-state index contributed by atoms with van der Waals surface area (Å²) in [5.41, 5.74) is 1.55. The molecule has 6 rings (SSSR count). The number of fused-ring (bicyclic) bond motifs is 1. The zero-order valence-corrected chi connectivity index (χ0v) is 20.6. The van der Waals surface area contributed by atoms with Crippen LogP contribution in [-0.2, 0) is 25.0 Å². The molecular weight excluding hydrogens is 496 g/mol. The molecule has 2 amide bonds. The fourth-order valence-corrected chi connectivity index (χ4v) is 6.03. The van der Waals surface area contributed by atoms with Crippen molar-refractivity contribution in [3.05, 3.63) is 66.2 Å². The van der Waals surface area contributed by atoms with Crippen molar-refractivity contribution >= 4 is 27.7 Å². The number of carbonyl (C=O) groups excluding carboxylic acids is 2. The van der Waals surface area contributed by atoms with Gasteiger partial charge in [-0.3, -0.25) is 9.59 Å². The number of benzene rings is 2. The molecule has 1 aromatic heterocycles. The van der Waals surface area contributed by atoms with Crippen molar-refractivity contribution in [3.8, 4) is 22.8 Å². The summed E-state index contributed by atoms with van der Waals surface area (Å²) in [5, 5.41) is 5.56. The van der Waals surface area contributed by atoms with Crippen molar-refractivity contribution in [3.63, 3.8) is 0 Å². The van der Waals surface area contributed by atoms with Crippen LogP contribution in [0.2, 0.25) is 0 Å². The molecule has 1 saturated heterocycles. The lowest BCUT2D eigenvalue weighted by molar-refractivity contribution is -0.122. The molecule has 11 heteroatoms. The third kappa shape index (κ3) is 4.30. The van der Waals surface area contributed by atoms with Gasteiger partial charge in [-0.25, -0.2) is 13.4 Å². The Morgan fingerprint density at radius 1 is 1.03 bits per heavy atom. The van der Waals surface area contributed by atoms with Gasteiger partial charge >= 0.3 is 0 Å². The highest BCUT2D eigenvalue weighted by Crippen LogP contribution is 2.51. The van der Waals surface area contributed by atoms with Gasteiger partial charge in [-0.15, -0.1) is 0 Å². The monoisotopic (exact) mass is 520 g/mol. The highest BCUT2D eigenvalue weighted by atomic mass is 32.2. The van der Waals surface area contributed by atoms with Crippen molar-refractivity contribution in [1.82, 2.24) is 14.6 Å². The average molecular weight is 521 g/mol. The van der Waals surface area contributed by atoms with Gasteiger partial charge < -0.3 is 20.1 Å². The Kier molecular flexibility index (Phi) is 5.61. The van der Waals surface area contributed by atoms with E-state index < -0.39 is 15.4 Å². The van der Waals surface area contributed by atoms with Crippen molar-refractivity contribution in [2.45, 2.75) is 23.2 Å². The van der Waals surface area contributed by atoms with E-state index in [2.05, 4.69) is 15.6 Å². The van der Waals surface area contributed by atoms with E-state index in [1.165, 1.54) is 16.4 Å². The molecule has 3 aliphatic rings. The lowest BCUT2D eigenvalue weighted by Gasteiger charge is -2.25. The molecule has 2 aliphatic heterocycles. The Balaban J connectivity index is 1.18. The Labute approximate surface area is 213 Å². The van der Waals surface area contributed by atoms with E-state index in [-0.39, 0.29) is 43.1 Å². The third-order valence-electron chi connectivity index (χ3n) is 6.89. The largest absolute Gasteiger partial charge is 0.454 e. The van der Waals surface area contributed by atoms with Crippen LogP contribution < -0.4 is 20.1 Å². The summed E-state index contributed by atoms with van der Waals surface area (Å²) < 4.78 is 37.8. The predicted molar refractivity (Wildman–Crippen MR) is 134 cm³/mol. The molecule has 3 aromatic rings. The lowest BCUT2D eigenvalue weighted by Crippen LogP contribution is -2.49. The van der Waals surface area contributed by atoms with Crippen LogP contribution in [0.4, 0.5) is 5.82 Å². The Morgan fingerprint density at radius 3 is 2.57 bits per heavy atom. The summed E-state index contributed by atoms with van der Waals surface area (Å²) in [6.07, 6.45) is 1.46. The molecule has 1 aliphatic carbocycles. The van der Waals surface area contributed by atoms with Gasteiger partial charge in [0.05, 0.1) is 22.5 Å². The first kappa shape index (κ1) is 23.4. The van der Waals surface area contributed by atoms with E-state index in [4.69, 9.17) is 9.47 Å². The number of hydrogen-bond donors (Lipinski definition) is 2. The number of anilines is 1. The number of carbonyl (C=O) groups is 2. The maximum Gasteiger partial charge on any atom is 0.243 e. The number of nitrogens with one attached hydrogen (secondary N) is 2. The number of hydrogen-bond acceptors (Lipinski definition) is 7. The van der Waals surface area contributed by atoms with Gasteiger partial charge in [-0.1, -0.05) is 24.3 Å². The fourth-order valence-electron chi connectivity index (χ4n) is 4.63. The molecule has 0 unspecified atom stereocenters. The van der Waals surface area contributed by atoms with E-state index in [1.807, 2.05) is 18.2 Å². The number of amides is 2. The highest BCUT2D eigenvalue weighted by molar-refractivity contribution is 7.89. The van der Waals surface area contributed by atoms with Crippen LogP contribution in [0.15, 0.2) is 65.6 Å². The van der Waals surface area contributed by atoms with Crippen molar-refractivity contribution < 1.29 is 27.5 Å². The van der Waals surface area contributed by atoms with Crippen molar-refractivity contribution in [1.29, 1.82) is 0 Å². The normalized spacial score (nSPS) is 18.2. The number of rotatable bonds is 6. The van der Waals surface area contributed by atoms with E-state index in [1.54, 1.807) is 30.3 Å². The Hall–Kier alpha value is -3.96. The molecule has 0 bridgehead atoms. The van der Waals surface area contributed by atoms with E-state index in [9.17, 15) is 18.0 Å². The first-order valence-electron chi connectivity index (χ1n) is 11.9. The number of aromatic nitrogens is 1. The smallest absolute Gasteiger partial charge is 0.243 e. The molecule has 190 valence electrons. The Bertz CT molecular complexity index is 1500. The van der Waals surface area contributed by atoms with Gasteiger partial charge in [0.25, 0.3) is 0 Å². The summed E-state index contributed by atoms with van der Waals surface area (Å²) in [6, 6.07) is 17.2. The summed E-state index contributed by atoms with van der Waals surface area (Å²) in [4.78, 5) is 29.6. The predicted octanol–water partition coefficient (Wildman–Crippen LogP) is 2.27. The fraction of sp³-hybridized carbons (Fsp3) is 0.269. The first-order chi connectivity index (χ1) is 17.8. The number of sulfonamides is 1. The number of ether oxygens (including phenoxy) is 2. The molecule has 37 heavy (non-hydrogen) atoms. The maximum atomic E-state index is 13.3. The van der Waals surface area contributed by atoms with Gasteiger partial charge in [-0.05, 0) is 54.8 Å². The summed E-state index contributed by atoms with van der Waals surface area (Å²) in [7, 11) is -3.78. The molecule has 1 saturated carbocycles. The molecule has 2 N–H and O–H groups in total. The molecule has 0 spiro atoms. The average Bonchev–Trinajstić information content (AvgIpc) is 3.59. The minimum absolute atomic E-state index is 0.106. The van der Waals surface area contributed by atoms with Gasteiger partial charge in [-0.2, -0.15) is 4.31 Å². The minimum atomic E-state index is -3.78. The summed E-state index contributed by atoms with van der Waals surface area (Å²) in [5.74, 6) is 1.27. The molecule has 10 nitrogen and oxygen atoms in total. The molecule has 0 atom stereocenters. The van der Waals surface area contributed by atoms with Gasteiger partial charge in [0.1, 0.15) is 5.82 Å². The minimum Gasteiger partial charge on any atom is -0.454 e. The second kappa shape index (κ2) is 8.86. The maximum absolute atomic E-state index is 13.3. The summed E-state index contributed by atoms with van der Waals surface area (Å²) in [6.45, 7) is 0.500. The van der Waals surface area contributed by atoms with E-state index >= 15 is 0 Å². The second-order valence-electron chi connectivity index (χ2n) is 9.23. The topological polar surface area (TPSA) is 127 Å². The zero-order chi connectivity index (χ0) is 25.6. The number of pyridine rings is 1. The van der Waals surface area contributed by atoms with Gasteiger partial charge in [0, 0.05) is 18.7 Å². The van der Waals surface area contributed by atoms with Crippen LogP contribution in [-0.4, -0.2) is 55.9 Å². The lowest BCUT2D eigenvalue weighted by atomic mass is 9.94. The highest BCUT2D eigenvalue weighted by Gasteiger charge is 2.51. The van der Waals surface area contributed by atoms with Crippen LogP contribution >= 0.6 is 0 Å². The van der Waals surface area contributed by atoms with E-state index in [0.717, 1.165) is 18.4 Å². The van der Waals surface area contributed by atoms with Crippen LogP contribution in [0.25, 0.3) is 11.3 Å². The number of nitrogens with zero attached hydrogens (tertiary/aromatic N) is 2. The van der Waals surface area contributed by atoms with Gasteiger partial charge in [0.2, 0.25) is 28.6 Å². The van der Waals surface area contributed by atoms with Crippen LogP contribution in [0, 0.1) is 0 Å².